The number of carbonyl (C=O) groups excluding carboxylic acids is 3. The summed E-state index contributed by atoms with van der Waals surface area (Å²) >= 11 is 4.48. The predicted molar refractivity (Wildman–Crippen MR) is 90.1 cm³/mol. The Morgan fingerprint density at radius 3 is 2.35 bits per heavy atom. The van der Waals surface area contributed by atoms with Gasteiger partial charge in [-0.2, -0.15) is 11.8 Å². The van der Waals surface area contributed by atoms with Crippen LogP contribution in [0.4, 0.5) is 0 Å². The molecule has 0 bridgehead atoms. The molecule has 0 radical (unpaired) electrons. The largest absolute Gasteiger partial charge is 0.480 e. The van der Waals surface area contributed by atoms with E-state index in [1.54, 1.807) is 0 Å². The Hall–Kier alpha value is -1.33. The zero-order valence-corrected chi connectivity index (χ0v) is 15.0. The molecule has 0 saturated carbocycles. The number of carboxylic acids is 1. The van der Waals surface area contributed by atoms with E-state index >= 15 is 0 Å². The smallest absolute Gasteiger partial charge is 0.328 e. The maximum Gasteiger partial charge on any atom is 0.328 e. The van der Waals surface area contributed by atoms with Crippen LogP contribution >= 0.6 is 27.7 Å². The summed E-state index contributed by atoms with van der Waals surface area (Å²) in [7, 11) is 0. The van der Waals surface area contributed by atoms with Gasteiger partial charge in [0.15, 0.2) is 0 Å². The molecule has 3 amide bonds. The van der Waals surface area contributed by atoms with E-state index in [-0.39, 0.29) is 13.0 Å². The van der Waals surface area contributed by atoms with Crippen molar-refractivity contribution in [2.24, 2.45) is 11.5 Å². The molecule has 11 heteroatoms. The standard InChI is InChI=1S/C12H21BrN4O5S/c1-23-3-2-7(14)11(20)17-8(12(21)22)5-16-10(19)6(13)4-9(15)18/h6-8H,2-5,14H2,1H3,(H2,15,18)(H,16,19)(H,17,20)(H,21,22)/t6-,7-,8-/m0/s1. The maximum absolute atomic E-state index is 11.8. The second-order valence-corrected chi connectivity index (χ2v) is 6.76. The molecule has 9 nitrogen and oxygen atoms in total. The number of carboxylic acid groups (broad SMARTS) is 1. The van der Waals surface area contributed by atoms with Gasteiger partial charge in [0.05, 0.1) is 6.04 Å². The molecule has 0 spiro atoms. The van der Waals surface area contributed by atoms with Crippen LogP contribution in [0.3, 0.4) is 0 Å². The van der Waals surface area contributed by atoms with E-state index in [0.29, 0.717) is 12.2 Å². The van der Waals surface area contributed by atoms with Crippen LogP contribution in [0.5, 0.6) is 0 Å². The minimum Gasteiger partial charge on any atom is -0.480 e. The maximum atomic E-state index is 11.8. The lowest BCUT2D eigenvalue weighted by Crippen LogP contribution is -2.53. The van der Waals surface area contributed by atoms with Gasteiger partial charge in [-0.15, -0.1) is 0 Å². The van der Waals surface area contributed by atoms with E-state index in [0.717, 1.165) is 0 Å². The molecular weight excluding hydrogens is 392 g/mol. The average Bonchev–Trinajstić information content (AvgIpc) is 2.47. The van der Waals surface area contributed by atoms with Crippen molar-refractivity contribution in [2.45, 2.75) is 29.8 Å². The number of halogens is 1. The molecule has 0 aromatic carbocycles. The summed E-state index contributed by atoms with van der Waals surface area (Å²) in [6.07, 6.45) is 2.05. The highest BCUT2D eigenvalue weighted by Gasteiger charge is 2.25. The van der Waals surface area contributed by atoms with Gasteiger partial charge >= 0.3 is 5.97 Å². The number of hydrogen-bond donors (Lipinski definition) is 5. The number of thioether (sulfide) groups is 1. The van der Waals surface area contributed by atoms with Crippen LogP contribution in [0.25, 0.3) is 0 Å². The Balaban J connectivity index is 4.47. The Bertz CT molecular complexity index is 451. The fraction of sp³-hybridized carbons (Fsp3) is 0.667. The number of aliphatic carboxylic acids is 1. The minimum atomic E-state index is -1.32. The SMILES string of the molecule is CSCC[C@H](N)C(=O)N[C@@H](CNC(=O)[C@@H](Br)CC(N)=O)C(=O)O. The fourth-order valence-electron chi connectivity index (χ4n) is 1.44. The summed E-state index contributed by atoms with van der Waals surface area (Å²) in [5.41, 5.74) is 10.6. The van der Waals surface area contributed by atoms with E-state index < -0.39 is 40.6 Å². The molecule has 0 saturated heterocycles. The number of nitrogens with two attached hydrogens (primary N) is 2. The summed E-state index contributed by atoms with van der Waals surface area (Å²) in [6, 6.07) is -2.14. The summed E-state index contributed by atoms with van der Waals surface area (Å²) in [5.74, 6) is -2.52. The van der Waals surface area contributed by atoms with Gasteiger partial charge in [0, 0.05) is 13.0 Å². The van der Waals surface area contributed by atoms with Crippen LogP contribution in [0.15, 0.2) is 0 Å². The zero-order chi connectivity index (χ0) is 18.0. The highest BCUT2D eigenvalue weighted by Crippen LogP contribution is 2.04. The Labute approximate surface area is 146 Å². The van der Waals surface area contributed by atoms with Crippen LogP contribution in [-0.4, -0.2) is 64.3 Å². The number of hydrogen-bond acceptors (Lipinski definition) is 6. The zero-order valence-electron chi connectivity index (χ0n) is 12.6. The first-order chi connectivity index (χ1) is 10.7. The molecule has 132 valence electrons. The van der Waals surface area contributed by atoms with Crippen molar-refractivity contribution in [3.8, 4) is 0 Å². The molecule has 0 aliphatic carbocycles. The molecule has 0 unspecified atom stereocenters. The lowest BCUT2D eigenvalue weighted by Gasteiger charge is -2.19. The van der Waals surface area contributed by atoms with Crippen molar-refractivity contribution in [1.29, 1.82) is 0 Å². The number of alkyl halides is 1. The first kappa shape index (κ1) is 21.7. The third-order valence-electron chi connectivity index (χ3n) is 2.73. The van der Waals surface area contributed by atoms with E-state index in [1.165, 1.54) is 11.8 Å². The van der Waals surface area contributed by atoms with Crippen LogP contribution in [-0.2, 0) is 19.2 Å². The van der Waals surface area contributed by atoms with Crippen LogP contribution < -0.4 is 22.1 Å². The third kappa shape index (κ3) is 9.41. The lowest BCUT2D eigenvalue weighted by molar-refractivity contribution is -0.142. The van der Waals surface area contributed by atoms with Crippen molar-refractivity contribution in [3.05, 3.63) is 0 Å². The second-order valence-electron chi connectivity index (χ2n) is 4.67. The van der Waals surface area contributed by atoms with Crippen molar-refractivity contribution >= 4 is 51.4 Å². The van der Waals surface area contributed by atoms with E-state index in [2.05, 4.69) is 26.6 Å². The normalized spacial score (nSPS) is 14.4. The van der Waals surface area contributed by atoms with Gasteiger partial charge in [-0.05, 0) is 18.4 Å². The van der Waals surface area contributed by atoms with Gasteiger partial charge in [0.25, 0.3) is 0 Å². The van der Waals surface area contributed by atoms with Crippen molar-refractivity contribution in [1.82, 2.24) is 10.6 Å². The van der Waals surface area contributed by atoms with E-state index in [4.69, 9.17) is 16.6 Å². The molecular formula is C12H21BrN4O5S. The van der Waals surface area contributed by atoms with Crippen molar-refractivity contribution in [3.63, 3.8) is 0 Å². The van der Waals surface area contributed by atoms with E-state index in [1.807, 2.05) is 6.26 Å². The molecule has 3 atom stereocenters. The summed E-state index contributed by atoms with van der Waals surface area (Å²) in [5, 5.41) is 13.7. The van der Waals surface area contributed by atoms with Gasteiger partial charge in [0.2, 0.25) is 17.7 Å². The number of nitrogens with one attached hydrogen (secondary N) is 2. The third-order valence-corrected chi connectivity index (χ3v) is 4.11. The molecule has 0 aromatic heterocycles. The highest BCUT2D eigenvalue weighted by molar-refractivity contribution is 9.10. The number of rotatable bonds is 11. The highest BCUT2D eigenvalue weighted by atomic mass is 79.9. The molecule has 0 aliphatic rings. The van der Waals surface area contributed by atoms with Crippen molar-refractivity contribution < 1.29 is 24.3 Å². The van der Waals surface area contributed by atoms with Gasteiger partial charge < -0.3 is 27.2 Å². The first-order valence-corrected chi connectivity index (χ1v) is 8.97. The summed E-state index contributed by atoms with van der Waals surface area (Å²) in [4.78, 5) is 44.4. The quantitative estimate of drug-likeness (QED) is 0.254. The van der Waals surface area contributed by atoms with Gasteiger partial charge in [-0.1, -0.05) is 15.9 Å². The van der Waals surface area contributed by atoms with Gasteiger partial charge in [-0.3, -0.25) is 14.4 Å². The summed E-state index contributed by atoms with van der Waals surface area (Å²) < 4.78 is 0. The fourth-order valence-corrected chi connectivity index (χ4v) is 2.41. The Morgan fingerprint density at radius 1 is 1.26 bits per heavy atom. The van der Waals surface area contributed by atoms with Crippen LogP contribution in [0.2, 0.25) is 0 Å². The van der Waals surface area contributed by atoms with Crippen molar-refractivity contribution in [2.75, 3.05) is 18.6 Å². The molecule has 7 N–H and O–H groups in total. The molecule has 0 fully saturated rings. The van der Waals surface area contributed by atoms with Gasteiger partial charge in [-0.25, -0.2) is 4.79 Å². The predicted octanol–water partition coefficient (Wildman–Crippen LogP) is -1.61. The average molecular weight is 413 g/mol. The van der Waals surface area contributed by atoms with Gasteiger partial charge in [0.1, 0.15) is 10.9 Å². The number of amides is 3. The molecule has 0 aromatic rings. The topological polar surface area (TPSA) is 165 Å². The Kier molecular flexibility index (Phi) is 10.6. The first-order valence-electron chi connectivity index (χ1n) is 6.66. The van der Waals surface area contributed by atoms with E-state index in [9.17, 15) is 19.2 Å². The Morgan fingerprint density at radius 2 is 1.87 bits per heavy atom. The molecule has 0 heterocycles. The van der Waals surface area contributed by atoms with Crippen LogP contribution in [0.1, 0.15) is 12.8 Å². The second kappa shape index (κ2) is 11.2. The molecule has 0 rings (SSSR count). The lowest BCUT2D eigenvalue weighted by atomic mass is 10.2. The monoisotopic (exact) mass is 412 g/mol. The number of primary amides is 1. The number of carbonyl (C=O) groups is 4. The van der Waals surface area contributed by atoms with Crippen LogP contribution in [0, 0.1) is 0 Å². The minimum absolute atomic E-state index is 0.227. The molecule has 0 aliphatic heterocycles. The summed E-state index contributed by atoms with van der Waals surface area (Å²) in [6.45, 7) is -0.337. The molecule has 23 heavy (non-hydrogen) atoms.